The highest BCUT2D eigenvalue weighted by molar-refractivity contribution is 5.96. The molecule has 3 nitrogen and oxygen atoms in total. The van der Waals surface area contributed by atoms with Crippen molar-refractivity contribution in [2.24, 2.45) is 5.73 Å². The SMILES string of the molecule is Cc1cc(C)cc(N2CC(N)CC2=O)c1.Cl. The van der Waals surface area contributed by atoms with Crippen LogP contribution in [0.4, 0.5) is 5.69 Å². The first-order valence-electron chi connectivity index (χ1n) is 5.20. The minimum absolute atomic E-state index is 0. The number of carbonyl (C=O) groups excluding carboxylic acids is 1. The largest absolute Gasteiger partial charge is 0.326 e. The number of hydrogen-bond acceptors (Lipinski definition) is 2. The van der Waals surface area contributed by atoms with Crippen molar-refractivity contribution < 1.29 is 4.79 Å². The van der Waals surface area contributed by atoms with E-state index in [1.807, 2.05) is 26.0 Å². The molecule has 0 radical (unpaired) electrons. The third-order valence-electron chi connectivity index (χ3n) is 2.67. The van der Waals surface area contributed by atoms with E-state index in [-0.39, 0.29) is 24.4 Å². The maximum atomic E-state index is 11.7. The van der Waals surface area contributed by atoms with Gasteiger partial charge in [-0.05, 0) is 37.1 Å². The molecule has 2 rings (SSSR count). The molecule has 4 heteroatoms. The Morgan fingerprint density at radius 1 is 1.25 bits per heavy atom. The van der Waals surface area contributed by atoms with Gasteiger partial charge in [0.05, 0.1) is 0 Å². The Labute approximate surface area is 102 Å². The number of carbonyl (C=O) groups is 1. The van der Waals surface area contributed by atoms with Gasteiger partial charge in [0.2, 0.25) is 5.91 Å². The summed E-state index contributed by atoms with van der Waals surface area (Å²) in [5.74, 6) is 0.132. The zero-order valence-electron chi connectivity index (χ0n) is 9.56. The lowest BCUT2D eigenvalue weighted by molar-refractivity contribution is -0.117. The van der Waals surface area contributed by atoms with Crippen LogP contribution in [0.25, 0.3) is 0 Å². The van der Waals surface area contributed by atoms with Crippen LogP contribution in [-0.4, -0.2) is 18.5 Å². The first-order chi connectivity index (χ1) is 7.06. The molecule has 0 aliphatic carbocycles. The first-order valence-corrected chi connectivity index (χ1v) is 5.20. The fraction of sp³-hybridized carbons (Fsp3) is 0.417. The van der Waals surface area contributed by atoms with E-state index in [4.69, 9.17) is 5.73 Å². The van der Waals surface area contributed by atoms with Crippen LogP contribution in [0.15, 0.2) is 18.2 Å². The summed E-state index contributed by atoms with van der Waals surface area (Å²) in [6.07, 6.45) is 0.465. The smallest absolute Gasteiger partial charge is 0.228 e. The molecular formula is C12H17ClN2O. The minimum Gasteiger partial charge on any atom is -0.326 e. The highest BCUT2D eigenvalue weighted by Crippen LogP contribution is 2.23. The molecule has 88 valence electrons. The third-order valence-corrected chi connectivity index (χ3v) is 2.67. The molecule has 1 saturated heterocycles. The quantitative estimate of drug-likeness (QED) is 0.814. The second-order valence-corrected chi connectivity index (χ2v) is 4.31. The second kappa shape index (κ2) is 4.85. The van der Waals surface area contributed by atoms with Gasteiger partial charge in [0.25, 0.3) is 0 Å². The Balaban J connectivity index is 0.00000128. The van der Waals surface area contributed by atoms with E-state index >= 15 is 0 Å². The van der Waals surface area contributed by atoms with Crippen LogP contribution in [0.2, 0.25) is 0 Å². The van der Waals surface area contributed by atoms with Crippen LogP contribution in [-0.2, 0) is 4.79 Å². The number of nitrogens with two attached hydrogens (primary N) is 1. The molecule has 1 aliphatic rings. The van der Waals surface area contributed by atoms with Gasteiger partial charge in [-0.25, -0.2) is 0 Å². The van der Waals surface area contributed by atoms with Gasteiger partial charge in [0.1, 0.15) is 0 Å². The van der Waals surface area contributed by atoms with Gasteiger partial charge in [-0.3, -0.25) is 4.79 Å². The maximum Gasteiger partial charge on any atom is 0.228 e. The fourth-order valence-corrected chi connectivity index (χ4v) is 2.09. The zero-order valence-corrected chi connectivity index (χ0v) is 10.4. The van der Waals surface area contributed by atoms with Crippen LogP contribution in [0.3, 0.4) is 0 Å². The van der Waals surface area contributed by atoms with E-state index in [9.17, 15) is 4.79 Å². The molecule has 1 fully saturated rings. The normalized spacial score (nSPS) is 19.8. The van der Waals surface area contributed by atoms with Crippen molar-refractivity contribution in [2.75, 3.05) is 11.4 Å². The van der Waals surface area contributed by atoms with Crippen molar-refractivity contribution in [1.29, 1.82) is 0 Å². The Morgan fingerprint density at radius 3 is 2.25 bits per heavy atom. The molecular weight excluding hydrogens is 224 g/mol. The third kappa shape index (κ3) is 2.54. The average molecular weight is 241 g/mol. The highest BCUT2D eigenvalue weighted by atomic mass is 35.5. The minimum atomic E-state index is -0.0154. The van der Waals surface area contributed by atoms with Crippen LogP contribution >= 0.6 is 12.4 Å². The van der Waals surface area contributed by atoms with Gasteiger partial charge in [-0.1, -0.05) is 6.07 Å². The van der Waals surface area contributed by atoms with Crippen molar-refractivity contribution in [3.63, 3.8) is 0 Å². The maximum absolute atomic E-state index is 11.7. The molecule has 0 spiro atoms. The summed E-state index contributed by atoms with van der Waals surface area (Å²) in [4.78, 5) is 13.4. The summed E-state index contributed by atoms with van der Waals surface area (Å²) in [7, 11) is 0. The Hall–Kier alpha value is -1.06. The molecule has 0 saturated carbocycles. The van der Waals surface area contributed by atoms with E-state index < -0.39 is 0 Å². The van der Waals surface area contributed by atoms with Gasteiger partial charge < -0.3 is 10.6 Å². The monoisotopic (exact) mass is 240 g/mol. The Morgan fingerprint density at radius 2 is 1.81 bits per heavy atom. The zero-order chi connectivity index (χ0) is 11.0. The van der Waals surface area contributed by atoms with Crippen molar-refractivity contribution in [3.05, 3.63) is 29.3 Å². The van der Waals surface area contributed by atoms with Crippen LogP contribution in [0.5, 0.6) is 0 Å². The molecule has 0 aromatic heterocycles. The van der Waals surface area contributed by atoms with Crippen molar-refractivity contribution in [2.45, 2.75) is 26.3 Å². The number of benzene rings is 1. The topological polar surface area (TPSA) is 46.3 Å². The average Bonchev–Trinajstić information content (AvgIpc) is 2.43. The predicted octanol–water partition coefficient (Wildman–Crippen LogP) is 1.79. The Bertz CT molecular complexity index is 386. The van der Waals surface area contributed by atoms with E-state index in [0.717, 1.165) is 5.69 Å². The van der Waals surface area contributed by atoms with Crippen LogP contribution < -0.4 is 10.6 Å². The molecule has 1 unspecified atom stereocenters. The van der Waals surface area contributed by atoms with Crippen LogP contribution in [0, 0.1) is 13.8 Å². The van der Waals surface area contributed by atoms with E-state index in [1.165, 1.54) is 11.1 Å². The molecule has 1 heterocycles. The molecule has 1 atom stereocenters. The van der Waals surface area contributed by atoms with E-state index in [0.29, 0.717) is 13.0 Å². The lowest BCUT2D eigenvalue weighted by Crippen LogP contribution is -2.28. The predicted molar refractivity (Wildman–Crippen MR) is 68.1 cm³/mol. The van der Waals surface area contributed by atoms with Gasteiger partial charge >= 0.3 is 0 Å². The first kappa shape index (κ1) is 13.0. The number of hydrogen-bond donors (Lipinski definition) is 1. The standard InChI is InChI=1S/C12H16N2O.ClH/c1-8-3-9(2)5-11(4-8)14-7-10(13)6-12(14)15;/h3-5,10H,6-7,13H2,1-2H3;1H. The van der Waals surface area contributed by atoms with Crippen molar-refractivity contribution in [1.82, 2.24) is 0 Å². The summed E-state index contributed by atoms with van der Waals surface area (Å²) in [6.45, 7) is 4.72. The number of anilines is 1. The van der Waals surface area contributed by atoms with Crippen molar-refractivity contribution in [3.8, 4) is 0 Å². The summed E-state index contributed by atoms with van der Waals surface area (Å²) in [6, 6.07) is 6.15. The van der Waals surface area contributed by atoms with Gasteiger partial charge in [0.15, 0.2) is 0 Å². The summed E-state index contributed by atoms with van der Waals surface area (Å²) >= 11 is 0. The number of halogens is 1. The van der Waals surface area contributed by atoms with E-state index in [1.54, 1.807) is 4.90 Å². The summed E-state index contributed by atoms with van der Waals surface area (Å²) in [5.41, 5.74) is 9.10. The molecule has 0 bridgehead atoms. The molecule has 1 aliphatic heterocycles. The number of amides is 1. The molecule has 16 heavy (non-hydrogen) atoms. The number of nitrogens with zero attached hydrogens (tertiary/aromatic N) is 1. The molecule has 1 aromatic carbocycles. The lowest BCUT2D eigenvalue weighted by Gasteiger charge is -2.17. The number of aryl methyl sites for hydroxylation is 2. The number of rotatable bonds is 1. The van der Waals surface area contributed by atoms with Crippen LogP contribution in [0.1, 0.15) is 17.5 Å². The summed E-state index contributed by atoms with van der Waals surface area (Å²) < 4.78 is 0. The molecule has 1 amide bonds. The Kier molecular flexibility index (Phi) is 3.94. The molecule has 1 aromatic rings. The van der Waals surface area contributed by atoms with Gasteiger partial charge in [-0.15, -0.1) is 12.4 Å². The summed E-state index contributed by atoms with van der Waals surface area (Å²) in [5, 5.41) is 0. The fourth-order valence-electron chi connectivity index (χ4n) is 2.09. The van der Waals surface area contributed by atoms with Crippen molar-refractivity contribution >= 4 is 24.0 Å². The highest BCUT2D eigenvalue weighted by Gasteiger charge is 2.27. The van der Waals surface area contributed by atoms with Gasteiger partial charge in [-0.2, -0.15) is 0 Å². The van der Waals surface area contributed by atoms with Gasteiger partial charge in [0, 0.05) is 24.7 Å². The van der Waals surface area contributed by atoms with E-state index in [2.05, 4.69) is 6.07 Å². The molecule has 2 N–H and O–H groups in total. The second-order valence-electron chi connectivity index (χ2n) is 4.31. The lowest BCUT2D eigenvalue weighted by atomic mass is 10.1.